The van der Waals surface area contributed by atoms with Crippen LogP contribution in [0.3, 0.4) is 0 Å². The molecule has 0 saturated carbocycles. The number of halogens is 2. The van der Waals surface area contributed by atoms with Gasteiger partial charge in [0.25, 0.3) is 0 Å². The number of esters is 2. The van der Waals surface area contributed by atoms with E-state index in [0.29, 0.717) is 24.0 Å². The molecule has 0 aromatic heterocycles. The van der Waals surface area contributed by atoms with Crippen molar-refractivity contribution in [3.05, 3.63) is 79.7 Å². The molecule has 3 rings (SSSR count). The van der Waals surface area contributed by atoms with Crippen molar-refractivity contribution in [3.8, 4) is 22.3 Å². The Morgan fingerprint density at radius 3 is 1.25 bits per heavy atom. The van der Waals surface area contributed by atoms with Gasteiger partial charge in [-0.25, -0.2) is 9.59 Å². The number of ether oxygens (including phenoxy) is 2. The van der Waals surface area contributed by atoms with Crippen LogP contribution in [-0.4, -0.2) is 26.2 Å². The third-order valence-electron chi connectivity index (χ3n) is 6.31. The molecule has 36 heavy (non-hydrogen) atoms. The van der Waals surface area contributed by atoms with E-state index in [9.17, 15) is 9.59 Å². The van der Waals surface area contributed by atoms with Crippen molar-refractivity contribution in [2.75, 3.05) is 14.2 Å². The fourth-order valence-corrected chi connectivity index (χ4v) is 5.11. The smallest absolute Gasteiger partial charge is 0.339 e. The first kappa shape index (κ1) is 28.1. The molecule has 0 spiro atoms. The van der Waals surface area contributed by atoms with Crippen LogP contribution in [0.2, 0.25) is 0 Å². The molecule has 0 aliphatic carbocycles. The first-order valence-electron chi connectivity index (χ1n) is 12.3. The van der Waals surface area contributed by atoms with Crippen molar-refractivity contribution < 1.29 is 19.1 Å². The molecule has 3 aromatic carbocycles. The van der Waals surface area contributed by atoms with E-state index in [1.165, 1.54) is 14.2 Å². The number of unbranched alkanes of at least 4 members (excludes halogenated alkanes) is 2. The first-order chi connectivity index (χ1) is 17.4. The highest BCUT2D eigenvalue weighted by Gasteiger charge is 2.32. The quantitative estimate of drug-likeness (QED) is 0.214. The molecule has 0 heterocycles. The zero-order valence-corrected chi connectivity index (χ0v) is 24.4. The van der Waals surface area contributed by atoms with E-state index in [1.54, 1.807) is 0 Å². The van der Waals surface area contributed by atoms with Crippen LogP contribution in [0.1, 0.15) is 71.4 Å². The Morgan fingerprint density at radius 2 is 0.972 bits per heavy atom. The van der Waals surface area contributed by atoms with E-state index < -0.39 is 11.9 Å². The Balaban J connectivity index is 2.61. The number of carbonyl (C=O) groups excluding carboxylic acids is 2. The average molecular weight is 616 g/mol. The van der Waals surface area contributed by atoms with Gasteiger partial charge in [0.05, 0.1) is 25.3 Å². The van der Waals surface area contributed by atoms with Crippen LogP contribution in [0, 0.1) is 0 Å². The largest absolute Gasteiger partial charge is 0.465 e. The molecule has 6 heteroatoms. The van der Waals surface area contributed by atoms with Crippen LogP contribution in [0.15, 0.2) is 57.5 Å². The van der Waals surface area contributed by atoms with Crippen LogP contribution in [0.4, 0.5) is 0 Å². The number of hydrogen-bond acceptors (Lipinski definition) is 4. The summed E-state index contributed by atoms with van der Waals surface area (Å²) >= 11 is 7.09. The van der Waals surface area contributed by atoms with Crippen molar-refractivity contribution in [2.45, 2.75) is 52.4 Å². The number of methoxy groups -OCH3 is 2. The summed E-state index contributed by atoms with van der Waals surface area (Å²) in [6.07, 6.45) is 4.88. The maximum absolute atomic E-state index is 13.4. The number of hydrogen-bond donors (Lipinski definition) is 0. The Hall–Kier alpha value is -2.44. The van der Waals surface area contributed by atoms with Crippen molar-refractivity contribution in [1.29, 1.82) is 0 Å². The lowest BCUT2D eigenvalue weighted by Gasteiger charge is -2.26. The molecule has 0 bridgehead atoms. The summed E-state index contributed by atoms with van der Waals surface area (Å²) in [5, 5.41) is 0. The molecule has 0 aliphatic rings. The van der Waals surface area contributed by atoms with Gasteiger partial charge < -0.3 is 9.47 Å². The second-order valence-electron chi connectivity index (χ2n) is 8.66. The van der Waals surface area contributed by atoms with Gasteiger partial charge in [0.2, 0.25) is 0 Å². The summed E-state index contributed by atoms with van der Waals surface area (Å²) in [4.78, 5) is 26.7. The summed E-state index contributed by atoms with van der Waals surface area (Å²) in [6, 6.07) is 16.2. The van der Waals surface area contributed by atoms with Crippen LogP contribution >= 0.6 is 31.9 Å². The molecule has 3 aromatic rings. The van der Waals surface area contributed by atoms with Crippen LogP contribution in [0.25, 0.3) is 22.3 Å². The third kappa shape index (κ3) is 6.09. The van der Waals surface area contributed by atoms with E-state index >= 15 is 0 Å². The number of rotatable bonds is 10. The highest BCUT2D eigenvalue weighted by molar-refractivity contribution is 9.10. The maximum atomic E-state index is 13.4. The lowest BCUT2D eigenvalue weighted by Crippen LogP contribution is -2.20. The van der Waals surface area contributed by atoms with E-state index in [2.05, 4.69) is 70.0 Å². The SMILES string of the molecule is CCCCc1c(C(=O)OC)c(C(=O)OC)c(CCCC)c(-c2ccc(Br)cc2)c1-c1ccc(Br)cc1. The molecule has 4 nitrogen and oxygen atoms in total. The van der Waals surface area contributed by atoms with Gasteiger partial charge in [-0.15, -0.1) is 0 Å². The van der Waals surface area contributed by atoms with Crippen molar-refractivity contribution in [1.82, 2.24) is 0 Å². The molecule has 0 atom stereocenters. The summed E-state index contributed by atoms with van der Waals surface area (Å²) in [6.45, 7) is 4.23. The molecule has 0 amide bonds. The third-order valence-corrected chi connectivity index (χ3v) is 7.37. The normalized spacial score (nSPS) is 10.8. The minimum atomic E-state index is -0.514. The molecule has 0 N–H and O–H groups in total. The van der Waals surface area contributed by atoms with Crippen molar-refractivity contribution in [2.24, 2.45) is 0 Å². The van der Waals surface area contributed by atoms with Gasteiger partial charge in [0.1, 0.15) is 0 Å². The lowest BCUT2D eigenvalue weighted by molar-refractivity contribution is 0.0553. The lowest BCUT2D eigenvalue weighted by atomic mass is 9.78. The van der Waals surface area contributed by atoms with Gasteiger partial charge in [-0.2, -0.15) is 0 Å². The van der Waals surface area contributed by atoms with Gasteiger partial charge in [-0.3, -0.25) is 0 Å². The van der Waals surface area contributed by atoms with Crippen LogP contribution in [-0.2, 0) is 22.3 Å². The van der Waals surface area contributed by atoms with E-state index in [0.717, 1.165) is 68.0 Å². The van der Waals surface area contributed by atoms with Gasteiger partial charge in [0.15, 0.2) is 0 Å². The molecular formula is C30H32Br2O4. The predicted molar refractivity (Wildman–Crippen MR) is 153 cm³/mol. The Bertz CT molecular complexity index is 1120. The molecule has 0 radical (unpaired) electrons. The summed E-state index contributed by atoms with van der Waals surface area (Å²) < 4.78 is 12.5. The fraction of sp³-hybridized carbons (Fsp3) is 0.333. The molecule has 0 saturated heterocycles. The molecule has 0 unspecified atom stereocenters. The zero-order valence-electron chi connectivity index (χ0n) is 21.3. The van der Waals surface area contributed by atoms with Crippen molar-refractivity contribution in [3.63, 3.8) is 0 Å². The van der Waals surface area contributed by atoms with E-state index in [4.69, 9.17) is 9.47 Å². The second-order valence-corrected chi connectivity index (χ2v) is 10.5. The molecule has 190 valence electrons. The van der Waals surface area contributed by atoms with Crippen molar-refractivity contribution >= 4 is 43.8 Å². The molecule has 0 fully saturated rings. The number of benzene rings is 3. The predicted octanol–water partition coefficient (Wildman–Crippen LogP) is 8.80. The Kier molecular flexibility index (Phi) is 10.3. The highest BCUT2D eigenvalue weighted by atomic mass is 79.9. The molecular weight excluding hydrogens is 584 g/mol. The minimum absolute atomic E-state index is 0.322. The summed E-state index contributed by atoms with van der Waals surface area (Å²) in [7, 11) is 2.72. The van der Waals surface area contributed by atoms with Gasteiger partial charge in [-0.05, 0) is 83.3 Å². The Morgan fingerprint density at radius 1 is 0.639 bits per heavy atom. The second kappa shape index (κ2) is 13.2. The molecule has 0 aliphatic heterocycles. The van der Waals surface area contributed by atoms with Gasteiger partial charge in [-0.1, -0.05) is 82.8 Å². The van der Waals surface area contributed by atoms with E-state index in [1.807, 2.05) is 24.3 Å². The van der Waals surface area contributed by atoms with Gasteiger partial charge >= 0.3 is 11.9 Å². The number of carbonyl (C=O) groups is 2. The fourth-order valence-electron chi connectivity index (χ4n) is 4.59. The van der Waals surface area contributed by atoms with Crippen LogP contribution < -0.4 is 0 Å². The maximum Gasteiger partial charge on any atom is 0.339 e. The highest BCUT2D eigenvalue weighted by Crippen LogP contribution is 2.44. The summed E-state index contributed by atoms with van der Waals surface area (Å²) in [5.74, 6) is -1.03. The Labute approximate surface area is 230 Å². The topological polar surface area (TPSA) is 52.6 Å². The first-order valence-corrected chi connectivity index (χ1v) is 13.9. The van der Waals surface area contributed by atoms with Crippen LogP contribution in [0.5, 0.6) is 0 Å². The monoisotopic (exact) mass is 614 g/mol. The van der Waals surface area contributed by atoms with Gasteiger partial charge in [0, 0.05) is 8.95 Å². The average Bonchev–Trinajstić information content (AvgIpc) is 2.90. The minimum Gasteiger partial charge on any atom is -0.465 e. The standard InChI is InChI=1S/C30H32Br2O4/c1-5-7-9-23-25(19-11-15-21(31)16-12-19)26(20-13-17-22(32)18-14-20)24(10-8-6-2)28(30(34)36-4)27(23)29(33)35-3/h11-18H,5-10H2,1-4H3. The van der Waals surface area contributed by atoms with E-state index in [-0.39, 0.29) is 0 Å². The summed E-state index contributed by atoms with van der Waals surface area (Å²) in [5.41, 5.74) is 6.21. The zero-order chi connectivity index (χ0) is 26.2.